The molecule has 1 aromatic carbocycles. The summed E-state index contributed by atoms with van der Waals surface area (Å²) in [6.07, 6.45) is 2.22. The molecule has 0 saturated heterocycles. The number of nitrogens with zero attached hydrogens (tertiary/aromatic N) is 3. The molecule has 0 aliphatic heterocycles. The molecule has 2 heterocycles. The molecule has 0 aliphatic rings. The second-order valence-electron chi connectivity index (χ2n) is 5.88. The number of ketones is 1. The maximum absolute atomic E-state index is 12.5. The van der Waals surface area contributed by atoms with Crippen molar-refractivity contribution in [3.8, 4) is 5.13 Å². The minimum atomic E-state index is -0.155. The van der Waals surface area contributed by atoms with Crippen LogP contribution in [0.25, 0.3) is 5.13 Å². The number of benzene rings is 1. The lowest BCUT2D eigenvalue weighted by molar-refractivity contribution is 0.0774. The molecular weight excluding hydrogens is 348 g/mol. The molecule has 6 nitrogen and oxygen atoms in total. The SMILES string of the molecule is Cc1cc(C(=O)CO/N=C(/N)Cc2ccccc2)c(C)n1-c1nccs1. The van der Waals surface area contributed by atoms with Gasteiger partial charge in [-0.2, -0.15) is 0 Å². The summed E-state index contributed by atoms with van der Waals surface area (Å²) >= 11 is 1.52. The van der Waals surface area contributed by atoms with E-state index < -0.39 is 0 Å². The Morgan fingerprint density at radius 1 is 1.31 bits per heavy atom. The molecule has 0 amide bonds. The van der Waals surface area contributed by atoms with E-state index >= 15 is 0 Å². The third-order valence-corrected chi connectivity index (χ3v) is 4.70. The van der Waals surface area contributed by atoms with E-state index in [4.69, 9.17) is 10.6 Å². The normalized spacial score (nSPS) is 11.5. The number of carbonyl (C=O) groups excluding carboxylic acids is 1. The van der Waals surface area contributed by atoms with Gasteiger partial charge in [-0.05, 0) is 25.5 Å². The van der Waals surface area contributed by atoms with Gasteiger partial charge in [0.2, 0.25) is 5.78 Å². The fourth-order valence-corrected chi connectivity index (χ4v) is 3.51. The van der Waals surface area contributed by atoms with Crippen molar-refractivity contribution in [2.75, 3.05) is 6.61 Å². The lowest BCUT2D eigenvalue weighted by Crippen LogP contribution is -2.17. The topological polar surface area (TPSA) is 82.5 Å². The van der Waals surface area contributed by atoms with E-state index in [2.05, 4.69) is 10.1 Å². The van der Waals surface area contributed by atoms with Crippen molar-refractivity contribution in [2.45, 2.75) is 20.3 Å². The summed E-state index contributed by atoms with van der Waals surface area (Å²) in [7, 11) is 0. The summed E-state index contributed by atoms with van der Waals surface area (Å²) < 4.78 is 1.96. The number of amidine groups is 1. The monoisotopic (exact) mass is 368 g/mol. The van der Waals surface area contributed by atoms with Crippen LogP contribution in [0.1, 0.15) is 27.3 Å². The average molecular weight is 368 g/mol. The Hall–Kier alpha value is -2.93. The summed E-state index contributed by atoms with van der Waals surface area (Å²) in [6, 6.07) is 11.6. The highest BCUT2D eigenvalue weighted by atomic mass is 32.1. The van der Waals surface area contributed by atoms with Gasteiger partial charge in [-0.25, -0.2) is 4.98 Å². The molecule has 3 aromatic rings. The highest BCUT2D eigenvalue weighted by molar-refractivity contribution is 7.12. The Labute approximate surface area is 155 Å². The first kappa shape index (κ1) is 17.9. The number of rotatable bonds is 7. The van der Waals surface area contributed by atoms with E-state index in [1.165, 1.54) is 11.3 Å². The van der Waals surface area contributed by atoms with Crippen LogP contribution in [-0.4, -0.2) is 27.8 Å². The lowest BCUT2D eigenvalue weighted by Gasteiger charge is -2.05. The van der Waals surface area contributed by atoms with Gasteiger partial charge in [-0.1, -0.05) is 35.5 Å². The smallest absolute Gasteiger partial charge is 0.204 e. The van der Waals surface area contributed by atoms with Gasteiger partial charge in [0.15, 0.2) is 11.7 Å². The van der Waals surface area contributed by atoms with Crippen molar-refractivity contribution in [3.05, 3.63) is 70.5 Å². The number of hydrogen-bond acceptors (Lipinski definition) is 5. The maximum Gasteiger partial charge on any atom is 0.204 e. The Bertz CT molecular complexity index is 915. The number of Topliss-reactive ketones (excluding diaryl/α,β-unsaturated/α-hetero) is 1. The molecule has 0 fully saturated rings. The van der Waals surface area contributed by atoms with Crippen LogP contribution in [0.4, 0.5) is 0 Å². The van der Waals surface area contributed by atoms with Crippen LogP contribution in [0.2, 0.25) is 0 Å². The molecule has 0 bridgehead atoms. The van der Waals surface area contributed by atoms with Crippen molar-refractivity contribution < 1.29 is 9.63 Å². The van der Waals surface area contributed by atoms with Crippen LogP contribution in [0.3, 0.4) is 0 Å². The van der Waals surface area contributed by atoms with Crippen LogP contribution in [0.5, 0.6) is 0 Å². The van der Waals surface area contributed by atoms with Gasteiger partial charge in [-0.15, -0.1) is 11.3 Å². The molecular formula is C19H20N4O2S. The number of hydrogen-bond donors (Lipinski definition) is 1. The van der Waals surface area contributed by atoms with Crippen molar-refractivity contribution in [3.63, 3.8) is 0 Å². The van der Waals surface area contributed by atoms with Gasteiger partial charge in [-0.3, -0.25) is 9.36 Å². The van der Waals surface area contributed by atoms with Crippen molar-refractivity contribution in [1.29, 1.82) is 0 Å². The van der Waals surface area contributed by atoms with Gasteiger partial charge in [0.25, 0.3) is 0 Å². The average Bonchev–Trinajstić information content (AvgIpc) is 3.23. The first-order valence-corrected chi connectivity index (χ1v) is 9.04. The third kappa shape index (κ3) is 4.00. The predicted molar refractivity (Wildman–Crippen MR) is 103 cm³/mol. The van der Waals surface area contributed by atoms with E-state index in [1.807, 2.05) is 60.2 Å². The van der Waals surface area contributed by atoms with Gasteiger partial charge < -0.3 is 10.6 Å². The second-order valence-corrected chi connectivity index (χ2v) is 6.75. The molecule has 0 atom stereocenters. The van der Waals surface area contributed by atoms with E-state index in [1.54, 1.807) is 6.20 Å². The molecule has 2 N–H and O–H groups in total. The zero-order valence-corrected chi connectivity index (χ0v) is 15.5. The number of aryl methyl sites for hydroxylation is 1. The number of aromatic nitrogens is 2. The van der Waals surface area contributed by atoms with Crippen LogP contribution in [0.15, 0.2) is 53.1 Å². The quantitative estimate of drug-likeness (QED) is 0.300. The Kier molecular flexibility index (Phi) is 5.48. The predicted octanol–water partition coefficient (Wildman–Crippen LogP) is 3.26. The lowest BCUT2D eigenvalue weighted by atomic mass is 10.1. The van der Waals surface area contributed by atoms with Crippen LogP contribution in [0, 0.1) is 13.8 Å². The molecule has 0 radical (unpaired) electrons. The fourth-order valence-electron chi connectivity index (χ4n) is 2.75. The molecule has 2 aromatic heterocycles. The molecule has 26 heavy (non-hydrogen) atoms. The van der Waals surface area contributed by atoms with Gasteiger partial charge in [0, 0.05) is 34.9 Å². The highest BCUT2D eigenvalue weighted by Crippen LogP contribution is 2.22. The van der Waals surface area contributed by atoms with E-state index in [0.29, 0.717) is 17.8 Å². The molecule has 0 spiro atoms. The van der Waals surface area contributed by atoms with Crippen LogP contribution >= 0.6 is 11.3 Å². The van der Waals surface area contributed by atoms with Crippen LogP contribution in [-0.2, 0) is 11.3 Å². The molecule has 0 saturated carbocycles. The van der Waals surface area contributed by atoms with Gasteiger partial charge >= 0.3 is 0 Å². The summed E-state index contributed by atoms with van der Waals surface area (Å²) in [5, 5.41) is 6.59. The molecule has 7 heteroatoms. The second kappa shape index (κ2) is 7.97. The van der Waals surface area contributed by atoms with Crippen molar-refractivity contribution in [1.82, 2.24) is 9.55 Å². The van der Waals surface area contributed by atoms with Gasteiger partial charge in [0.1, 0.15) is 5.84 Å². The number of nitrogens with two attached hydrogens (primary N) is 1. The molecule has 134 valence electrons. The Morgan fingerprint density at radius 3 is 2.77 bits per heavy atom. The summed E-state index contributed by atoms with van der Waals surface area (Å²) in [4.78, 5) is 22.0. The minimum Gasteiger partial charge on any atom is -0.386 e. The minimum absolute atomic E-state index is 0.142. The third-order valence-electron chi connectivity index (χ3n) is 3.95. The molecule has 0 unspecified atom stereocenters. The maximum atomic E-state index is 12.5. The number of carbonyl (C=O) groups is 1. The van der Waals surface area contributed by atoms with Crippen molar-refractivity contribution in [2.24, 2.45) is 10.9 Å². The molecule has 0 aliphatic carbocycles. The van der Waals surface area contributed by atoms with Crippen molar-refractivity contribution >= 4 is 23.0 Å². The fraction of sp³-hybridized carbons (Fsp3) is 0.211. The largest absolute Gasteiger partial charge is 0.386 e. The summed E-state index contributed by atoms with van der Waals surface area (Å²) in [5.41, 5.74) is 9.29. The Balaban J connectivity index is 1.64. The van der Waals surface area contributed by atoms with E-state index in [9.17, 15) is 4.79 Å². The van der Waals surface area contributed by atoms with Crippen LogP contribution < -0.4 is 5.73 Å². The standard InChI is InChI=1S/C19H20N4O2S/c1-13-10-16(14(2)23(13)19-21-8-9-26-19)17(24)12-25-22-18(20)11-15-6-4-3-5-7-15/h3-10H,11-12H2,1-2H3,(H2,20,22). The number of thiazole rings is 1. The van der Waals surface area contributed by atoms with Gasteiger partial charge in [0.05, 0.1) is 0 Å². The zero-order chi connectivity index (χ0) is 18.5. The Morgan fingerprint density at radius 2 is 2.08 bits per heavy atom. The first-order chi connectivity index (χ1) is 12.6. The number of oxime groups is 1. The highest BCUT2D eigenvalue weighted by Gasteiger charge is 2.18. The van der Waals surface area contributed by atoms with E-state index in [-0.39, 0.29) is 12.4 Å². The summed E-state index contributed by atoms with van der Waals surface area (Å²) in [6.45, 7) is 3.69. The first-order valence-electron chi connectivity index (χ1n) is 8.16. The van der Waals surface area contributed by atoms with E-state index in [0.717, 1.165) is 22.1 Å². The molecule has 3 rings (SSSR count). The summed E-state index contributed by atoms with van der Waals surface area (Å²) in [5.74, 6) is 0.189. The zero-order valence-electron chi connectivity index (χ0n) is 14.7.